The molecule has 0 aliphatic heterocycles. The SMILES string of the molecule is CC(=O)C1(C(=O)O)C2=CC(C)=C1C=C2. The van der Waals surface area contributed by atoms with Gasteiger partial charge in [0.05, 0.1) is 0 Å². The molecule has 2 rings (SSSR count). The third-order valence-electron chi connectivity index (χ3n) is 2.91. The summed E-state index contributed by atoms with van der Waals surface area (Å²) in [6, 6.07) is 0. The van der Waals surface area contributed by atoms with Gasteiger partial charge in [0.1, 0.15) is 0 Å². The molecule has 2 aliphatic rings. The van der Waals surface area contributed by atoms with Gasteiger partial charge < -0.3 is 5.11 Å². The second kappa shape index (κ2) is 2.44. The molecule has 3 nitrogen and oxygen atoms in total. The van der Waals surface area contributed by atoms with Crippen molar-refractivity contribution in [3.63, 3.8) is 0 Å². The normalized spacial score (nSPS) is 28.3. The minimum Gasteiger partial charge on any atom is -0.480 e. The number of ketones is 1. The quantitative estimate of drug-likeness (QED) is 0.671. The van der Waals surface area contributed by atoms with Crippen LogP contribution < -0.4 is 0 Å². The number of aliphatic carboxylic acids is 1. The van der Waals surface area contributed by atoms with Gasteiger partial charge in [-0.15, -0.1) is 0 Å². The fraction of sp³-hybridized carbons (Fsp3) is 0.273. The highest BCUT2D eigenvalue weighted by molar-refractivity contribution is 6.12. The largest absolute Gasteiger partial charge is 0.480 e. The molecule has 2 bridgehead atoms. The molecule has 1 N–H and O–H groups in total. The fourth-order valence-electron chi connectivity index (χ4n) is 2.26. The van der Waals surface area contributed by atoms with E-state index in [0.717, 1.165) is 5.57 Å². The van der Waals surface area contributed by atoms with E-state index in [4.69, 9.17) is 0 Å². The van der Waals surface area contributed by atoms with E-state index in [2.05, 4.69) is 0 Å². The van der Waals surface area contributed by atoms with Crippen LogP contribution in [0.2, 0.25) is 0 Å². The van der Waals surface area contributed by atoms with Crippen molar-refractivity contribution in [2.45, 2.75) is 13.8 Å². The lowest BCUT2D eigenvalue weighted by Crippen LogP contribution is -2.37. The van der Waals surface area contributed by atoms with Crippen molar-refractivity contribution in [1.82, 2.24) is 0 Å². The van der Waals surface area contributed by atoms with Gasteiger partial charge in [0.25, 0.3) is 0 Å². The minimum atomic E-state index is -1.40. The van der Waals surface area contributed by atoms with Crippen LogP contribution in [0.5, 0.6) is 0 Å². The van der Waals surface area contributed by atoms with Gasteiger partial charge in [0, 0.05) is 0 Å². The van der Waals surface area contributed by atoms with Crippen molar-refractivity contribution >= 4 is 11.8 Å². The Morgan fingerprint density at radius 2 is 2.00 bits per heavy atom. The van der Waals surface area contributed by atoms with Crippen LogP contribution in [0, 0.1) is 5.41 Å². The van der Waals surface area contributed by atoms with Crippen molar-refractivity contribution in [2.24, 2.45) is 5.41 Å². The third kappa shape index (κ3) is 0.726. The van der Waals surface area contributed by atoms with E-state index in [0.29, 0.717) is 11.1 Å². The molecular formula is C11H10O3. The summed E-state index contributed by atoms with van der Waals surface area (Å²) in [5.74, 6) is -1.40. The summed E-state index contributed by atoms with van der Waals surface area (Å²) in [6.07, 6.45) is 5.20. The van der Waals surface area contributed by atoms with Crippen LogP contribution in [0.1, 0.15) is 13.8 Å². The minimum absolute atomic E-state index is 0.326. The highest BCUT2D eigenvalue weighted by Gasteiger charge is 2.54. The molecule has 0 spiro atoms. The highest BCUT2D eigenvalue weighted by atomic mass is 16.4. The summed E-state index contributed by atoms with van der Waals surface area (Å²) in [4.78, 5) is 22.8. The summed E-state index contributed by atoms with van der Waals surface area (Å²) in [5.41, 5.74) is 0.682. The summed E-state index contributed by atoms with van der Waals surface area (Å²) in [5, 5.41) is 9.20. The van der Waals surface area contributed by atoms with Crippen LogP contribution in [0.15, 0.2) is 34.9 Å². The summed E-state index contributed by atoms with van der Waals surface area (Å²) in [7, 11) is 0. The average Bonchev–Trinajstić information content (AvgIpc) is 2.55. The van der Waals surface area contributed by atoms with Gasteiger partial charge in [-0.2, -0.15) is 0 Å². The molecule has 3 heteroatoms. The average molecular weight is 190 g/mol. The molecule has 72 valence electrons. The maximum Gasteiger partial charge on any atom is 0.326 e. The Bertz CT molecular complexity index is 421. The van der Waals surface area contributed by atoms with Gasteiger partial charge in [-0.05, 0) is 30.6 Å². The first-order chi connectivity index (χ1) is 6.51. The van der Waals surface area contributed by atoms with E-state index >= 15 is 0 Å². The predicted molar refractivity (Wildman–Crippen MR) is 50.7 cm³/mol. The predicted octanol–water partition coefficient (Wildman–Crippen LogP) is 1.47. The topological polar surface area (TPSA) is 54.4 Å². The number of fused-ring (bicyclic) bond motifs is 2. The maximum atomic E-state index is 11.5. The first-order valence-corrected chi connectivity index (χ1v) is 4.37. The Hall–Kier alpha value is -1.64. The van der Waals surface area contributed by atoms with E-state index in [9.17, 15) is 14.7 Å². The van der Waals surface area contributed by atoms with Gasteiger partial charge >= 0.3 is 5.97 Å². The lowest BCUT2D eigenvalue weighted by Gasteiger charge is -2.21. The molecule has 0 aromatic heterocycles. The third-order valence-corrected chi connectivity index (χ3v) is 2.91. The van der Waals surface area contributed by atoms with E-state index in [1.54, 1.807) is 18.2 Å². The summed E-state index contributed by atoms with van der Waals surface area (Å²) < 4.78 is 0. The van der Waals surface area contributed by atoms with Crippen LogP contribution in [-0.4, -0.2) is 16.9 Å². The molecule has 14 heavy (non-hydrogen) atoms. The molecule has 1 unspecified atom stereocenters. The van der Waals surface area contributed by atoms with Gasteiger partial charge in [0.15, 0.2) is 11.2 Å². The van der Waals surface area contributed by atoms with Gasteiger partial charge in [-0.3, -0.25) is 9.59 Å². The smallest absolute Gasteiger partial charge is 0.326 e. The summed E-state index contributed by atoms with van der Waals surface area (Å²) >= 11 is 0. The lowest BCUT2D eigenvalue weighted by atomic mass is 9.77. The zero-order valence-electron chi connectivity index (χ0n) is 8.00. The molecule has 0 aromatic carbocycles. The number of Topliss-reactive ketones (excluding diaryl/α,β-unsaturated/α-hetero) is 1. The Morgan fingerprint density at radius 1 is 1.36 bits per heavy atom. The monoisotopic (exact) mass is 190 g/mol. The highest BCUT2D eigenvalue weighted by Crippen LogP contribution is 2.50. The number of carboxylic acids is 1. The molecule has 0 aromatic rings. The number of allylic oxidation sites excluding steroid dienone is 4. The molecule has 0 saturated carbocycles. The Kier molecular flexibility index (Phi) is 1.56. The van der Waals surface area contributed by atoms with Crippen LogP contribution in [0.3, 0.4) is 0 Å². The molecule has 2 aliphatic carbocycles. The standard InChI is InChI=1S/C11H10O3/c1-6-5-8-3-4-9(6)11(8,7(2)12)10(13)14/h3-5H,1-2H3,(H,13,14). The lowest BCUT2D eigenvalue weighted by molar-refractivity contribution is -0.148. The van der Waals surface area contributed by atoms with Crippen molar-refractivity contribution in [3.8, 4) is 0 Å². The number of rotatable bonds is 2. The van der Waals surface area contributed by atoms with E-state index < -0.39 is 11.4 Å². The second-order valence-electron chi connectivity index (χ2n) is 3.64. The molecule has 1 atom stereocenters. The Balaban J connectivity index is 2.71. The zero-order chi connectivity index (χ0) is 10.5. The van der Waals surface area contributed by atoms with E-state index in [-0.39, 0.29) is 5.78 Å². The summed E-state index contributed by atoms with van der Waals surface area (Å²) in [6.45, 7) is 3.15. The van der Waals surface area contributed by atoms with Crippen molar-refractivity contribution < 1.29 is 14.7 Å². The number of hydrogen-bond donors (Lipinski definition) is 1. The van der Waals surface area contributed by atoms with Crippen molar-refractivity contribution in [3.05, 3.63) is 34.9 Å². The fourth-order valence-corrected chi connectivity index (χ4v) is 2.26. The number of carbonyl (C=O) groups is 2. The number of hydrogen-bond acceptors (Lipinski definition) is 2. The Morgan fingerprint density at radius 3 is 2.21 bits per heavy atom. The van der Waals surface area contributed by atoms with Gasteiger partial charge in [-0.25, -0.2) is 0 Å². The van der Waals surface area contributed by atoms with Crippen LogP contribution in [0.25, 0.3) is 0 Å². The zero-order valence-corrected chi connectivity index (χ0v) is 8.00. The number of carboxylic acid groups (broad SMARTS) is 1. The van der Waals surface area contributed by atoms with E-state index in [1.807, 2.05) is 6.92 Å². The molecule has 0 amide bonds. The van der Waals surface area contributed by atoms with Crippen LogP contribution >= 0.6 is 0 Å². The molecule has 0 fully saturated rings. The first kappa shape index (κ1) is 8.94. The molecule has 0 heterocycles. The Labute approximate surface area is 81.4 Å². The van der Waals surface area contributed by atoms with E-state index in [1.165, 1.54) is 6.92 Å². The van der Waals surface area contributed by atoms with Gasteiger partial charge in [-0.1, -0.05) is 18.2 Å². The van der Waals surface area contributed by atoms with Gasteiger partial charge in [0.2, 0.25) is 0 Å². The molecular weight excluding hydrogens is 180 g/mol. The molecule has 0 saturated heterocycles. The number of carbonyl (C=O) groups excluding carboxylic acids is 1. The first-order valence-electron chi connectivity index (χ1n) is 4.37. The van der Waals surface area contributed by atoms with Crippen molar-refractivity contribution in [2.75, 3.05) is 0 Å². The maximum absolute atomic E-state index is 11.5. The van der Waals surface area contributed by atoms with Crippen molar-refractivity contribution in [1.29, 1.82) is 0 Å². The van der Waals surface area contributed by atoms with Crippen LogP contribution in [-0.2, 0) is 9.59 Å². The second-order valence-corrected chi connectivity index (χ2v) is 3.64. The molecule has 0 radical (unpaired) electrons. The van der Waals surface area contributed by atoms with Crippen LogP contribution in [0.4, 0.5) is 0 Å².